The third kappa shape index (κ3) is 4.42. The first-order valence-corrected chi connectivity index (χ1v) is 9.87. The summed E-state index contributed by atoms with van der Waals surface area (Å²) in [6, 6.07) is 3.73. The number of methoxy groups -OCH3 is 1. The molecule has 2 aliphatic rings. The van der Waals surface area contributed by atoms with Crippen molar-refractivity contribution in [2.45, 2.75) is 12.8 Å². The van der Waals surface area contributed by atoms with Gasteiger partial charge in [0, 0.05) is 39.3 Å². The molecule has 142 valence electrons. The Morgan fingerprint density at radius 3 is 2.35 bits per heavy atom. The smallest absolute Gasteiger partial charge is 0.308 e. The number of hydrogen-bond acceptors (Lipinski definition) is 6. The first-order valence-electron chi connectivity index (χ1n) is 8.99. The van der Waals surface area contributed by atoms with Crippen LogP contribution in [0, 0.1) is 5.92 Å². The number of hydrogen-bond donors (Lipinski definition) is 0. The standard InChI is InChI=1S/C18H25N3O4S/c1-25-18(24)14-4-6-20(7-5-14)16(22)13-19-8-10-21(11-9-19)17(23)15-3-2-12-26-15/h2-3,12,14H,4-11,13H2,1H3. The van der Waals surface area contributed by atoms with Gasteiger partial charge in [-0.2, -0.15) is 0 Å². The van der Waals surface area contributed by atoms with E-state index in [9.17, 15) is 14.4 Å². The summed E-state index contributed by atoms with van der Waals surface area (Å²) in [5, 5.41) is 1.91. The number of esters is 1. The maximum atomic E-state index is 12.5. The number of piperidine rings is 1. The van der Waals surface area contributed by atoms with Gasteiger partial charge in [0.1, 0.15) is 0 Å². The predicted octanol–water partition coefficient (Wildman–Crippen LogP) is 0.917. The van der Waals surface area contributed by atoms with E-state index in [1.807, 2.05) is 27.3 Å². The first-order chi connectivity index (χ1) is 12.6. The largest absolute Gasteiger partial charge is 0.469 e. The minimum atomic E-state index is -0.177. The van der Waals surface area contributed by atoms with E-state index >= 15 is 0 Å². The van der Waals surface area contributed by atoms with Crippen molar-refractivity contribution in [3.63, 3.8) is 0 Å². The van der Waals surface area contributed by atoms with E-state index in [4.69, 9.17) is 4.74 Å². The van der Waals surface area contributed by atoms with Crippen LogP contribution in [0.4, 0.5) is 0 Å². The van der Waals surface area contributed by atoms with Crippen LogP contribution in [0.5, 0.6) is 0 Å². The van der Waals surface area contributed by atoms with Gasteiger partial charge >= 0.3 is 5.97 Å². The van der Waals surface area contributed by atoms with Crippen LogP contribution >= 0.6 is 11.3 Å². The van der Waals surface area contributed by atoms with Crippen molar-refractivity contribution in [3.05, 3.63) is 22.4 Å². The molecular formula is C18H25N3O4S. The average Bonchev–Trinajstić information content (AvgIpc) is 3.22. The zero-order valence-electron chi connectivity index (χ0n) is 15.1. The van der Waals surface area contributed by atoms with Crippen LogP contribution in [-0.2, 0) is 14.3 Å². The molecule has 0 atom stereocenters. The highest BCUT2D eigenvalue weighted by molar-refractivity contribution is 7.12. The maximum Gasteiger partial charge on any atom is 0.308 e. The van der Waals surface area contributed by atoms with Crippen LogP contribution < -0.4 is 0 Å². The Kier molecular flexibility index (Phi) is 6.26. The van der Waals surface area contributed by atoms with Gasteiger partial charge in [0.05, 0.1) is 24.4 Å². The van der Waals surface area contributed by atoms with Crippen molar-refractivity contribution < 1.29 is 19.1 Å². The first kappa shape index (κ1) is 18.8. The highest BCUT2D eigenvalue weighted by atomic mass is 32.1. The molecule has 0 unspecified atom stereocenters. The number of rotatable bonds is 4. The van der Waals surface area contributed by atoms with Gasteiger partial charge in [-0.15, -0.1) is 11.3 Å². The number of likely N-dealkylation sites (tertiary alicyclic amines) is 1. The molecule has 1 aromatic rings. The minimum Gasteiger partial charge on any atom is -0.469 e. The normalized spacial score (nSPS) is 19.4. The zero-order valence-corrected chi connectivity index (χ0v) is 15.9. The Morgan fingerprint density at radius 1 is 1.08 bits per heavy atom. The summed E-state index contributed by atoms with van der Waals surface area (Å²) in [4.78, 5) is 43.0. The Hall–Kier alpha value is -1.93. The summed E-state index contributed by atoms with van der Waals surface area (Å²) >= 11 is 1.46. The molecule has 0 spiro atoms. The van der Waals surface area contributed by atoms with Crippen molar-refractivity contribution >= 4 is 29.1 Å². The Balaban J connectivity index is 1.41. The summed E-state index contributed by atoms with van der Waals surface area (Å²) in [5.74, 6) is -0.0818. The fraction of sp³-hybridized carbons (Fsp3) is 0.611. The molecule has 0 aromatic carbocycles. The van der Waals surface area contributed by atoms with Crippen molar-refractivity contribution in [3.8, 4) is 0 Å². The second-order valence-electron chi connectivity index (χ2n) is 6.72. The van der Waals surface area contributed by atoms with E-state index in [-0.39, 0.29) is 23.7 Å². The van der Waals surface area contributed by atoms with Crippen LogP contribution in [0.15, 0.2) is 17.5 Å². The van der Waals surface area contributed by atoms with E-state index in [1.54, 1.807) is 0 Å². The fourth-order valence-corrected chi connectivity index (χ4v) is 4.18. The fourth-order valence-electron chi connectivity index (χ4n) is 3.49. The Morgan fingerprint density at radius 2 is 1.77 bits per heavy atom. The zero-order chi connectivity index (χ0) is 18.5. The molecule has 7 nitrogen and oxygen atoms in total. The van der Waals surface area contributed by atoms with Crippen molar-refractivity contribution in [2.75, 3.05) is 52.9 Å². The quantitative estimate of drug-likeness (QED) is 0.728. The van der Waals surface area contributed by atoms with Crippen molar-refractivity contribution in [1.82, 2.24) is 14.7 Å². The van der Waals surface area contributed by atoms with Crippen LogP contribution in [0.2, 0.25) is 0 Å². The molecule has 3 rings (SSSR count). The van der Waals surface area contributed by atoms with Crippen LogP contribution in [-0.4, -0.2) is 85.4 Å². The minimum absolute atomic E-state index is 0.0795. The number of amides is 2. The molecule has 0 N–H and O–H groups in total. The van der Waals surface area contributed by atoms with Crippen LogP contribution in [0.25, 0.3) is 0 Å². The van der Waals surface area contributed by atoms with Crippen molar-refractivity contribution in [2.24, 2.45) is 5.92 Å². The van der Waals surface area contributed by atoms with E-state index in [1.165, 1.54) is 18.4 Å². The number of carbonyl (C=O) groups excluding carboxylic acids is 3. The Bertz CT molecular complexity index is 633. The monoisotopic (exact) mass is 379 g/mol. The van der Waals surface area contributed by atoms with E-state index in [2.05, 4.69) is 4.90 Å². The van der Waals surface area contributed by atoms with Gasteiger partial charge in [-0.1, -0.05) is 6.07 Å². The van der Waals surface area contributed by atoms with E-state index in [0.717, 1.165) is 4.88 Å². The SMILES string of the molecule is COC(=O)C1CCN(C(=O)CN2CCN(C(=O)c3cccs3)CC2)CC1. The third-order valence-electron chi connectivity index (χ3n) is 5.13. The maximum absolute atomic E-state index is 12.5. The molecular weight excluding hydrogens is 354 g/mol. The lowest BCUT2D eigenvalue weighted by Crippen LogP contribution is -2.52. The molecule has 2 fully saturated rings. The number of piperazine rings is 1. The van der Waals surface area contributed by atoms with Gasteiger partial charge in [-0.25, -0.2) is 0 Å². The molecule has 2 saturated heterocycles. The van der Waals surface area contributed by atoms with Crippen LogP contribution in [0.3, 0.4) is 0 Å². The molecule has 0 aliphatic carbocycles. The lowest BCUT2D eigenvalue weighted by molar-refractivity contribution is -0.149. The summed E-state index contributed by atoms with van der Waals surface area (Å²) in [6.07, 6.45) is 1.34. The highest BCUT2D eigenvalue weighted by Gasteiger charge is 2.29. The molecule has 0 saturated carbocycles. The number of ether oxygens (including phenoxy) is 1. The van der Waals surface area contributed by atoms with Gasteiger partial charge in [-0.3, -0.25) is 19.3 Å². The molecule has 26 heavy (non-hydrogen) atoms. The predicted molar refractivity (Wildman–Crippen MR) is 98.0 cm³/mol. The highest BCUT2D eigenvalue weighted by Crippen LogP contribution is 2.19. The van der Waals surface area contributed by atoms with Crippen molar-refractivity contribution in [1.29, 1.82) is 0 Å². The van der Waals surface area contributed by atoms with Crippen LogP contribution in [0.1, 0.15) is 22.5 Å². The molecule has 0 radical (unpaired) electrons. The van der Waals surface area contributed by atoms with Gasteiger partial charge in [-0.05, 0) is 24.3 Å². The summed E-state index contributed by atoms with van der Waals surface area (Å²) in [5.41, 5.74) is 0. The summed E-state index contributed by atoms with van der Waals surface area (Å²) < 4.78 is 4.78. The van der Waals surface area contributed by atoms with Gasteiger partial charge in [0.25, 0.3) is 5.91 Å². The molecule has 8 heteroatoms. The Labute approximate surface area is 157 Å². The summed E-state index contributed by atoms with van der Waals surface area (Å²) in [7, 11) is 1.41. The lowest BCUT2D eigenvalue weighted by Gasteiger charge is -2.36. The molecule has 0 bridgehead atoms. The lowest BCUT2D eigenvalue weighted by atomic mass is 9.97. The topological polar surface area (TPSA) is 70.2 Å². The number of thiophene rings is 1. The second kappa shape index (κ2) is 8.64. The molecule has 2 amide bonds. The third-order valence-corrected chi connectivity index (χ3v) is 5.99. The van der Waals surface area contributed by atoms with Gasteiger partial charge in [0.2, 0.25) is 5.91 Å². The van der Waals surface area contributed by atoms with Gasteiger partial charge < -0.3 is 14.5 Å². The van der Waals surface area contributed by atoms with E-state index < -0.39 is 0 Å². The van der Waals surface area contributed by atoms with E-state index in [0.29, 0.717) is 58.7 Å². The molecule has 3 heterocycles. The second-order valence-corrected chi connectivity index (χ2v) is 7.67. The number of nitrogens with zero attached hydrogens (tertiary/aromatic N) is 3. The average molecular weight is 379 g/mol. The molecule has 2 aliphatic heterocycles. The summed E-state index contributed by atoms with van der Waals surface area (Å²) in [6.45, 7) is 4.31. The number of carbonyl (C=O) groups is 3. The molecule has 1 aromatic heterocycles. The van der Waals surface area contributed by atoms with Gasteiger partial charge in [0.15, 0.2) is 0 Å².